The van der Waals surface area contributed by atoms with Crippen LogP contribution in [-0.2, 0) is 16.2 Å². The van der Waals surface area contributed by atoms with Gasteiger partial charge in [0, 0.05) is 32.7 Å². The lowest BCUT2D eigenvalue weighted by molar-refractivity contribution is -0.123. The summed E-state index contributed by atoms with van der Waals surface area (Å²) in [7, 11) is 0. The Morgan fingerprint density at radius 1 is 1.00 bits per heavy atom. The van der Waals surface area contributed by atoms with E-state index in [1.165, 1.54) is 0 Å². The maximum atomic E-state index is 12.2. The zero-order chi connectivity index (χ0) is 23.7. The van der Waals surface area contributed by atoms with Crippen LogP contribution in [0, 0.1) is 13.8 Å². The summed E-state index contributed by atoms with van der Waals surface area (Å²) in [6.45, 7) is 4.20. The maximum absolute atomic E-state index is 12.2. The Morgan fingerprint density at radius 2 is 1.67 bits per heavy atom. The second kappa shape index (κ2) is 9.39. The highest BCUT2D eigenvalue weighted by Crippen LogP contribution is 2.26. The van der Waals surface area contributed by atoms with Gasteiger partial charge in [0.05, 0.1) is 0 Å². The number of nitrogens with one attached hydrogen (secondary N) is 2. The standard InChI is InChI=1S/C24H19Cl2N3O3S/c1-13-9-16(10-20-22(30)27-24(33)28-23(20)31)14(2)29(13)18-5-7-19(8-6-18)32-12-15-3-4-17(25)11-21(15)26/h3-11H,12H2,1-2H3,(H2,27,28,30,31,33). The molecule has 0 aliphatic carbocycles. The molecule has 1 fully saturated rings. The molecule has 2 amide bonds. The molecule has 2 aromatic carbocycles. The summed E-state index contributed by atoms with van der Waals surface area (Å²) in [4.78, 5) is 24.3. The van der Waals surface area contributed by atoms with Gasteiger partial charge < -0.3 is 9.30 Å². The maximum Gasteiger partial charge on any atom is 0.263 e. The molecule has 1 saturated heterocycles. The van der Waals surface area contributed by atoms with E-state index in [-0.39, 0.29) is 10.7 Å². The van der Waals surface area contributed by atoms with E-state index in [9.17, 15) is 9.59 Å². The van der Waals surface area contributed by atoms with Crippen molar-refractivity contribution in [2.24, 2.45) is 0 Å². The van der Waals surface area contributed by atoms with E-state index in [2.05, 4.69) is 10.6 Å². The highest BCUT2D eigenvalue weighted by Gasteiger charge is 2.26. The molecule has 3 aromatic rings. The summed E-state index contributed by atoms with van der Waals surface area (Å²) in [5.41, 5.74) is 4.37. The van der Waals surface area contributed by atoms with Crippen LogP contribution in [0.2, 0.25) is 10.0 Å². The van der Waals surface area contributed by atoms with Crippen molar-refractivity contribution in [3.63, 3.8) is 0 Å². The first-order chi connectivity index (χ1) is 15.7. The largest absolute Gasteiger partial charge is 0.489 e. The Hall–Kier alpha value is -3.13. The number of hydrogen-bond donors (Lipinski definition) is 2. The molecule has 1 aliphatic heterocycles. The van der Waals surface area contributed by atoms with E-state index < -0.39 is 11.8 Å². The van der Waals surface area contributed by atoms with Gasteiger partial charge in [-0.25, -0.2) is 0 Å². The third-order valence-electron chi connectivity index (χ3n) is 5.22. The number of hydrogen-bond acceptors (Lipinski definition) is 4. The van der Waals surface area contributed by atoms with Crippen LogP contribution in [0.1, 0.15) is 22.5 Å². The van der Waals surface area contributed by atoms with Crippen molar-refractivity contribution in [1.82, 2.24) is 15.2 Å². The average molecular weight is 500 g/mol. The lowest BCUT2D eigenvalue weighted by Crippen LogP contribution is -2.51. The molecule has 0 unspecified atom stereocenters. The van der Waals surface area contributed by atoms with Crippen LogP contribution in [0.5, 0.6) is 5.75 Å². The molecule has 0 saturated carbocycles. The minimum atomic E-state index is -0.518. The van der Waals surface area contributed by atoms with Crippen molar-refractivity contribution in [2.75, 3.05) is 0 Å². The number of thiocarbonyl (C=S) groups is 1. The van der Waals surface area contributed by atoms with E-state index in [1.807, 2.05) is 54.8 Å². The fourth-order valence-electron chi connectivity index (χ4n) is 3.58. The minimum Gasteiger partial charge on any atom is -0.489 e. The van der Waals surface area contributed by atoms with Crippen molar-refractivity contribution in [3.05, 3.63) is 86.7 Å². The van der Waals surface area contributed by atoms with Crippen molar-refractivity contribution < 1.29 is 14.3 Å². The number of aromatic nitrogens is 1. The van der Waals surface area contributed by atoms with Crippen LogP contribution in [0.3, 0.4) is 0 Å². The summed E-state index contributed by atoms with van der Waals surface area (Å²) in [5.74, 6) is -0.340. The zero-order valence-corrected chi connectivity index (χ0v) is 20.1. The molecule has 0 spiro atoms. The normalized spacial score (nSPS) is 13.6. The summed E-state index contributed by atoms with van der Waals surface area (Å²) < 4.78 is 7.89. The lowest BCUT2D eigenvalue weighted by Gasteiger charge is -2.16. The number of amides is 2. The number of aryl methyl sites for hydroxylation is 1. The first-order valence-corrected chi connectivity index (χ1v) is 11.1. The van der Waals surface area contributed by atoms with Crippen LogP contribution in [0.4, 0.5) is 0 Å². The van der Waals surface area contributed by atoms with E-state index in [4.69, 9.17) is 40.2 Å². The molecule has 4 rings (SSSR count). The number of benzene rings is 2. The van der Waals surface area contributed by atoms with Crippen LogP contribution < -0.4 is 15.4 Å². The van der Waals surface area contributed by atoms with E-state index in [1.54, 1.807) is 18.2 Å². The molecular formula is C24H19Cl2N3O3S. The number of ether oxygens (including phenoxy) is 1. The van der Waals surface area contributed by atoms with Gasteiger partial charge in [0.1, 0.15) is 17.9 Å². The van der Waals surface area contributed by atoms with Crippen molar-refractivity contribution in [2.45, 2.75) is 20.5 Å². The number of rotatable bonds is 5. The van der Waals surface area contributed by atoms with Crippen molar-refractivity contribution >= 4 is 58.4 Å². The zero-order valence-electron chi connectivity index (χ0n) is 17.7. The van der Waals surface area contributed by atoms with E-state index >= 15 is 0 Å². The average Bonchev–Trinajstić information content (AvgIpc) is 3.03. The third kappa shape index (κ3) is 4.95. The number of carbonyl (C=O) groups is 2. The summed E-state index contributed by atoms with van der Waals surface area (Å²) >= 11 is 17.0. The summed E-state index contributed by atoms with van der Waals surface area (Å²) in [6.07, 6.45) is 1.57. The molecule has 33 heavy (non-hydrogen) atoms. The number of halogens is 2. The van der Waals surface area contributed by atoms with Crippen LogP contribution in [0.15, 0.2) is 54.1 Å². The van der Waals surface area contributed by atoms with Crippen molar-refractivity contribution in [1.29, 1.82) is 0 Å². The predicted octanol–water partition coefficient (Wildman–Crippen LogP) is 4.89. The topological polar surface area (TPSA) is 72.4 Å². The summed E-state index contributed by atoms with van der Waals surface area (Å²) in [5, 5.41) is 6.03. The van der Waals surface area contributed by atoms with Crippen LogP contribution in [0.25, 0.3) is 11.8 Å². The molecule has 2 heterocycles. The Balaban J connectivity index is 1.54. The van der Waals surface area contributed by atoms with Gasteiger partial charge in [-0.1, -0.05) is 29.3 Å². The molecule has 6 nitrogen and oxygen atoms in total. The van der Waals surface area contributed by atoms with Gasteiger partial charge in [0.2, 0.25) is 0 Å². The van der Waals surface area contributed by atoms with E-state index in [0.29, 0.717) is 22.4 Å². The van der Waals surface area contributed by atoms with Crippen molar-refractivity contribution in [3.8, 4) is 11.4 Å². The molecular weight excluding hydrogens is 481 g/mol. The molecule has 2 N–H and O–H groups in total. The Labute approximate surface area is 206 Å². The summed E-state index contributed by atoms with van der Waals surface area (Å²) in [6, 6.07) is 14.8. The Bertz CT molecular complexity index is 1290. The highest BCUT2D eigenvalue weighted by molar-refractivity contribution is 7.80. The van der Waals surface area contributed by atoms with Gasteiger partial charge >= 0.3 is 0 Å². The van der Waals surface area contributed by atoms with Gasteiger partial charge in [-0.15, -0.1) is 0 Å². The van der Waals surface area contributed by atoms with Gasteiger partial charge in [-0.2, -0.15) is 0 Å². The first-order valence-electron chi connectivity index (χ1n) is 9.97. The predicted molar refractivity (Wildman–Crippen MR) is 133 cm³/mol. The second-order valence-corrected chi connectivity index (χ2v) is 8.73. The highest BCUT2D eigenvalue weighted by atomic mass is 35.5. The fourth-order valence-corrected chi connectivity index (χ4v) is 4.23. The fraction of sp³-hybridized carbons (Fsp3) is 0.125. The molecule has 0 radical (unpaired) electrons. The third-order valence-corrected chi connectivity index (χ3v) is 6.01. The monoisotopic (exact) mass is 499 g/mol. The molecule has 168 valence electrons. The number of carbonyl (C=O) groups excluding carboxylic acids is 2. The van der Waals surface area contributed by atoms with Gasteiger partial charge in [0.15, 0.2) is 5.11 Å². The lowest BCUT2D eigenvalue weighted by atomic mass is 10.1. The van der Waals surface area contributed by atoms with Crippen LogP contribution >= 0.6 is 35.4 Å². The van der Waals surface area contributed by atoms with E-state index in [0.717, 1.165) is 28.2 Å². The first kappa shape index (κ1) is 23.0. The Morgan fingerprint density at radius 3 is 2.30 bits per heavy atom. The molecule has 1 aromatic heterocycles. The Kier molecular flexibility index (Phi) is 6.56. The van der Waals surface area contributed by atoms with Gasteiger partial charge in [-0.3, -0.25) is 20.2 Å². The number of nitrogens with zero attached hydrogens (tertiary/aromatic N) is 1. The molecule has 9 heteroatoms. The van der Waals surface area contributed by atoms with Crippen LogP contribution in [-0.4, -0.2) is 21.5 Å². The quantitative estimate of drug-likeness (QED) is 0.297. The molecule has 0 bridgehead atoms. The SMILES string of the molecule is Cc1cc(C=C2C(=O)NC(=S)NC2=O)c(C)n1-c1ccc(OCc2ccc(Cl)cc2Cl)cc1. The van der Waals surface area contributed by atoms with Gasteiger partial charge in [-0.05, 0) is 80.2 Å². The van der Waals surface area contributed by atoms with Gasteiger partial charge in [0.25, 0.3) is 11.8 Å². The smallest absolute Gasteiger partial charge is 0.263 e. The second-order valence-electron chi connectivity index (χ2n) is 7.48. The minimum absolute atomic E-state index is 0.00765. The molecule has 0 atom stereocenters. The molecule has 1 aliphatic rings.